The molecular formula is C23H27FN4. The van der Waals surface area contributed by atoms with Crippen molar-refractivity contribution in [1.29, 1.82) is 0 Å². The van der Waals surface area contributed by atoms with Crippen LogP contribution < -0.4 is 0 Å². The van der Waals surface area contributed by atoms with Crippen LogP contribution in [0.25, 0.3) is 11.4 Å². The van der Waals surface area contributed by atoms with Crippen LogP contribution in [0, 0.1) is 5.82 Å². The molecule has 0 saturated carbocycles. The maximum Gasteiger partial charge on any atom is 0.146 e. The average molecular weight is 378 g/mol. The van der Waals surface area contributed by atoms with E-state index in [9.17, 15) is 4.39 Å². The van der Waals surface area contributed by atoms with Crippen LogP contribution in [0.4, 0.5) is 4.39 Å². The number of nitrogens with zero attached hydrogens (tertiary/aromatic N) is 4. The lowest BCUT2D eigenvalue weighted by atomic mass is 9.87. The van der Waals surface area contributed by atoms with Crippen molar-refractivity contribution in [3.63, 3.8) is 0 Å². The fourth-order valence-corrected chi connectivity index (χ4v) is 3.80. The smallest absolute Gasteiger partial charge is 0.146 e. The molecule has 5 heteroatoms. The molecule has 0 spiro atoms. The highest BCUT2D eigenvalue weighted by molar-refractivity contribution is 5.58. The van der Waals surface area contributed by atoms with E-state index in [1.807, 2.05) is 0 Å². The Morgan fingerprint density at radius 3 is 2.54 bits per heavy atom. The third kappa shape index (κ3) is 3.59. The predicted octanol–water partition coefficient (Wildman–Crippen LogP) is 4.48. The zero-order valence-corrected chi connectivity index (χ0v) is 17.0. The molecule has 0 bridgehead atoms. The van der Waals surface area contributed by atoms with E-state index in [2.05, 4.69) is 66.5 Å². The minimum Gasteiger partial charge on any atom is -0.330 e. The number of halogens is 1. The maximum absolute atomic E-state index is 14.0. The normalized spacial score (nSPS) is 14.9. The largest absolute Gasteiger partial charge is 0.330 e. The summed E-state index contributed by atoms with van der Waals surface area (Å²) in [6.45, 7) is 8.81. The van der Waals surface area contributed by atoms with Crippen molar-refractivity contribution < 1.29 is 4.39 Å². The van der Waals surface area contributed by atoms with Crippen molar-refractivity contribution in [3.05, 3.63) is 71.1 Å². The Morgan fingerprint density at radius 2 is 1.86 bits per heavy atom. The summed E-state index contributed by atoms with van der Waals surface area (Å²) >= 11 is 0. The Labute approximate surface area is 166 Å². The highest BCUT2D eigenvalue weighted by Crippen LogP contribution is 2.29. The first-order valence-corrected chi connectivity index (χ1v) is 9.80. The number of aromatic nitrogens is 3. The van der Waals surface area contributed by atoms with Gasteiger partial charge in [-0.3, -0.25) is 9.88 Å². The fraction of sp³-hybridized carbons (Fsp3) is 0.391. The van der Waals surface area contributed by atoms with Gasteiger partial charge < -0.3 is 4.57 Å². The van der Waals surface area contributed by atoms with Crippen molar-refractivity contribution in [2.75, 3.05) is 6.54 Å². The van der Waals surface area contributed by atoms with Crippen LogP contribution in [0.15, 0.2) is 42.6 Å². The van der Waals surface area contributed by atoms with Crippen molar-refractivity contribution in [3.8, 4) is 11.4 Å². The van der Waals surface area contributed by atoms with Crippen LogP contribution in [0.5, 0.6) is 0 Å². The lowest BCUT2D eigenvalue weighted by Crippen LogP contribution is -2.31. The van der Waals surface area contributed by atoms with Gasteiger partial charge in [-0.25, -0.2) is 9.37 Å². The molecule has 0 amide bonds. The Morgan fingerprint density at radius 1 is 1.11 bits per heavy atom. The summed E-state index contributed by atoms with van der Waals surface area (Å²) in [5.41, 5.74) is 5.45. The number of hydrogen-bond acceptors (Lipinski definition) is 3. The average Bonchev–Trinajstić information content (AvgIpc) is 2.99. The topological polar surface area (TPSA) is 34.0 Å². The SMILES string of the molecule is Cn1c(-c2ccc(C(C)(C)C)cc2)nc2c1CN(Cc1ncccc1F)CC2. The second-order valence-electron chi connectivity index (χ2n) is 8.61. The third-order valence-corrected chi connectivity index (χ3v) is 5.55. The quantitative estimate of drug-likeness (QED) is 0.674. The Bertz CT molecular complexity index is 983. The summed E-state index contributed by atoms with van der Waals surface area (Å²) in [5.74, 6) is 0.759. The zero-order chi connectivity index (χ0) is 19.9. The first kappa shape index (κ1) is 18.8. The number of imidazole rings is 1. The molecule has 146 valence electrons. The molecule has 3 aromatic rings. The summed E-state index contributed by atoms with van der Waals surface area (Å²) in [7, 11) is 2.07. The van der Waals surface area contributed by atoms with E-state index >= 15 is 0 Å². The van der Waals surface area contributed by atoms with E-state index in [-0.39, 0.29) is 11.2 Å². The number of hydrogen-bond donors (Lipinski definition) is 0. The highest BCUT2D eigenvalue weighted by atomic mass is 19.1. The molecule has 3 heterocycles. The van der Waals surface area contributed by atoms with Gasteiger partial charge in [0.15, 0.2) is 0 Å². The summed E-state index contributed by atoms with van der Waals surface area (Å²) in [5, 5.41) is 0. The van der Waals surface area contributed by atoms with Gasteiger partial charge in [0, 0.05) is 44.9 Å². The van der Waals surface area contributed by atoms with E-state index in [0.717, 1.165) is 36.6 Å². The molecule has 1 aromatic carbocycles. The van der Waals surface area contributed by atoms with E-state index in [4.69, 9.17) is 4.98 Å². The lowest BCUT2D eigenvalue weighted by molar-refractivity contribution is 0.232. The van der Waals surface area contributed by atoms with Crippen molar-refractivity contribution in [1.82, 2.24) is 19.4 Å². The van der Waals surface area contributed by atoms with Crippen LogP contribution in [0.1, 0.15) is 43.4 Å². The predicted molar refractivity (Wildman–Crippen MR) is 109 cm³/mol. The number of fused-ring (bicyclic) bond motifs is 1. The minimum atomic E-state index is -0.238. The Hall–Kier alpha value is -2.53. The first-order valence-electron chi connectivity index (χ1n) is 9.80. The highest BCUT2D eigenvalue weighted by Gasteiger charge is 2.24. The van der Waals surface area contributed by atoms with Gasteiger partial charge in [-0.1, -0.05) is 45.0 Å². The second-order valence-corrected chi connectivity index (χ2v) is 8.61. The van der Waals surface area contributed by atoms with E-state index < -0.39 is 0 Å². The molecule has 0 fully saturated rings. The van der Waals surface area contributed by atoms with Crippen molar-refractivity contribution in [2.24, 2.45) is 7.05 Å². The van der Waals surface area contributed by atoms with Crippen molar-refractivity contribution in [2.45, 2.75) is 45.7 Å². The summed E-state index contributed by atoms with van der Waals surface area (Å²) in [6, 6.07) is 11.8. The molecule has 0 atom stereocenters. The van der Waals surface area contributed by atoms with Crippen LogP contribution in [0.2, 0.25) is 0 Å². The van der Waals surface area contributed by atoms with Crippen molar-refractivity contribution >= 4 is 0 Å². The maximum atomic E-state index is 14.0. The first-order chi connectivity index (χ1) is 13.3. The van der Waals surface area contributed by atoms with Gasteiger partial charge in [0.2, 0.25) is 0 Å². The Balaban J connectivity index is 1.57. The second kappa shape index (κ2) is 7.13. The zero-order valence-electron chi connectivity index (χ0n) is 17.0. The van der Waals surface area contributed by atoms with Crippen LogP contribution in [0.3, 0.4) is 0 Å². The van der Waals surface area contributed by atoms with Crippen LogP contribution >= 0.6 is 0 Å². The lowest BCUT2D eigenvalue weighted by Gasteiger charge is -2.26. The molecule has 0 aliphatic carbocycles. The van der Waals surface area contributed by atoms with E-state index in [1.165, 1.54) is 17.3 Å². The fourth-order valence-electron chi connectivity index (χ4n) is 3.80. The van der Waals surface area contributed by atoms with Crippen LogP contribution in [-0.4, -0.2) is 26.0 Å². The summed E-state index contributed by atoms with van der Waals surface area (Å²) in [6.07, 6.45) is 2.52. The molecule has 0 saturated heterocycles. The van der Waals surface area contributed by atoms with Gasteiger partial charge in [0.25, 0.3) is 0 Å². The summed E-state index contributed by atoms with van der Waals surface area (Å²) < 4.78 is 16.1. The molecule has 2 aromatic heterocycles. The van der Waals surface area contributed by atoms with E-state index in [1.54, 1.807) is 12.3 Å². The molecule has 0 N–H and O–H groups in total. The molecule has 4 rings (SSSR count). The minimum absolute atomic E-state index is 0.140. The van der Waals surface area contributed by atoms with Gasteiger partial charge in [0.1, 0.15) is 11.6 Å². The van der Waals surface area contributed by atoms with E-state index in [0.29, 0.717) is 12.2 Å². The number of pyridine rings is 1. The van der Waals surface area contributed by atoms with Gasteiger partial charge >= 0.3 is 0 Å². The molecule has 0 unspecified atom stereocenters. The monoisotopic (exact) mass is 378 g/mol. The van der Waals surface area contributed by atoms with Gasteiger partial charge in [-0.2, -0.15) is 0 Å². The number of rotatable bonds is 3. The standard InChI is InChI=1S/C23H27FN4/c1-23(2,3)17-9-7-16(8-10-17)22-26-19-11-13-28(15-21(19)27(22)4)14-20-18(24)6-5-12-25-20/h5-10,12H,11,13-15H2,1-4H3. The number of benzene rings is 1. The molecule has 28 heavy (non-hydrogen) atoms. The van der Waals surface area contributed by atoms with Gasteiger partial charge in [-0.15, -0.1) is 0 Å². The molecular weight excluding hydrogens is 351 g/mol. The molecule has 1 aliphatic heterocycles. The third-order valence-electron chi connectivity index (χ3n) is 5.55. The molecule has 4 nitrogen and oxygen atoms in total. The van der Waals surface area contributed by atoms with Gasteiger partial charge in [0.05, 0.1) is 17.1 Å². The molecule has 1 aliphatic rings. The van der Waals surface area contributed by atoms with Crippen LogP contribution in [-0.2, 0) is 32.0 Å². The van der Waals surface area contributed by atoms with Gasteiger partial charge in [-0.05, 0) is 23.1 Å². The Kier molecular flexibility index (Phi) is 4.79. The summed E-state index contributed by atoms with van der Waals surface area (Å²) in [4.78, 5) is 11.3. The molecule has 0 radical (unpaired) electrons.